The van der Waals surface area contributed by atoms with Crippen LogP contribution >= 0.6 is 11.6 Å². The van der Waals surface area contributed by atoms with E-state index in [0.717, 1.165) is 55.9 Å². The van der Waals surface area contributed by atoms with Gasteiger partial charge in [0.2, 0.25) is 0 Å². The van der Waals surface area contributed by atoms with Gasteiger partial charge in [-0.25, -0.2) is 9.97 Å². The van der Waals surface area contributed by atoms with Crippen LogP contribution in [-0.4, -0.2) is 20.1 Å². The molecule has 0 aliphatic heterocycles. The molecule has 0 saturated heterocycles. The molecule has 0 bridgehead atoms. The highest BCUT2D eigenvalue weighted by molar-refractivity contribution is 6.36. The van der Waals surface area contributed by atoms with Gasteiger partial charge >= 0.3 is 0 Å². The number of hydrogen-bond donors (Lipinski definition) is 1. The monoisotopic (exact) mass is 354 g/mol. The van der Waals surface area contributed by atoms with Crippen LogP contribution in [0.25, 0.3) is 33.1 Å². The van der Waals surface area contributed by atoms with Gasteiger partial charge in [-0.15, -0.1) is 0 Å². The van der Waals surface area contributed by atoms with E-state index in [1.54, 1.807) is 0 Å². The summed E-state index contributed by atoms with van der Waals surface area (Å²) in [7, 11) is 0. The van der Waals surface area contributed by atoms with E-state index in [4.69, 9.17) is 16.1 Å². The minimum Gasteiger partial charge on any atom is -0.361 e. The van der Waals surface area contributed by atoms with Gasteiger partial charge in [-0.1, -0.05) is 30.6 Å². The molecule has 0 aliphatic rings. The number of benzene rings is 1. The molecule has 3 heterocycles. The van der Waals surface area contributed by atoms with Crippen LogP contribution in [0.4, 0.5) is 0 Å². The van der Waals surface area contributed by atoms with Crippen LogP contribution in [0.15, 0.2) is 16.7 Å². The molecule has 1 N–H and O–H groups in total. The second kappa shape index (κ2) is 5.56. The van der Waals surface area contributed by atoms with E-state index in [1.165, 1.54) is 0 Å². The molecule has 128 valence electrons. The molecule has 5 nitrogen and oxygen atoms in total. The molecule has 4 aromatic rings. The summed E-state index contributed by atoms with van der Waals surface area (Å²) in [6, 6.07) is 4.24. The number of fused-ring (bicyclic) bond motifs is 3. The predicted molar refractivity (Wildman–Crippen MR) is 100 cm³/mol. The van der Waals surface area contributed by atoms with Gasteiger partial charge in [0.25, 0.3) is 0 Å². The smallest absolute Gasteiger partial charge is 0.143 e. The number of H-pyrrole nitrogens is 1. The van der Waals surface area contributed by atoms with Crippen LogP contribution in [0, 0.1) is 20.8 Å². The lowest BCUT2D eigenvalue weighted by atomic mass is 9.97. The predicted octanol–water partition coefficient (Wildman–Crippen LogP) is 5.47. The average molecular weight is 355 g/mol. The van der Waals surface area contributed by atoms with Crippen molar-refractivity contribution in [2.45, 2.75) is 40.5 Å². The van der Waals surface area contributed by atoms with Crippen molar-refractivity contribution in [1.29, 1.82) is 0 Å². The molecule has 6 heteroatoms. The molecule has 0 saturated carbocycles. The van der Waals surface area contributed by atoms with Crippen molar-refractivity contribution < 1.29 is 4.52 Å². The number of hydrogen-bond acceptors (Lipinski definition) is 4. The first-order valence-corrected chi connectivity index (χ1v) is 8.67. The Kier molecular flexibility index (Phi) is 3.58. The maximum atomic E-state index is 6.47. The molecule has 0 fully saturated rings. The summed E-state index contributed by atoms with van der Waals surface area (Å²) in [5.41, 5.74) is 5.91. The van der Waals surface area contributed by atoms with Crippen LogP contribution in [0.5, 0.6) is 0 Å². The van der Waals surface area contributed by atoms with Crippen molar-refractivity contribution >= 4 is 33.5 Å². The maximum absolute atomic E-state index is 6.47. The van der Waals surface area contributed by atoms with E-state index in [2.05, 4.69) is 53.0 Å². The van der Waals surface area contributed by atoms with E-state index in [-0.39, 0.29) is 5.92 Å². The quantitative estimate of drug-likeness (QED) is 0.485. The lowest BCUT2D eigenvalue weighted by Crippen LogP contribution is -1.97. The number of halogens is 1. The number of aryl methyl sites for hydroxylation is 3. The van der Waals surface area contributed by atoms with Gasteiger partial charge < -0.3 is 9.51 Å². The van der Waals surface area contributed by atoms with Gasteiger partial charge in [-0.05, 0) is 44.0 Å². The Morgan fingerprint density at radius 1 is 1.12 bits per heavy atom. The van der Waals surface area contributed by atoms with Crippen molar-refractivity contribution in [3.05, 3.63) is 40.1 Å². The van der Waals surface area contributed by atoms with E-state index in [1.807, 2.05) is 13.8 Å². The summed E-state index contributed by atoms with van der Waals surface area (Å²) in [6.07, 6.45) is 0. The van der Waals surface area contributed by atoms with Crippen molar-refractivity contribution in [1.82, 2.24) is 20.1 Å². The van der Waals surface area contributed by atoms with Gasteiger partial charge in [0.05, 0.1) is 11.1 Å². The molecule has 0 atom stereocenters. The number of rotatable bonds is 2. The van der Waals surface area contributed by atoms with Gasteiger partial charge in [0.15, 0.2) is 0 Å². The summed E-state index contributed by atoms with van der Waals surface area (Å²) >= 11 is 6.47. The molecule has 25 heavy (non-hydrogen) atoms. The molecule has 1 aromatic carbocycles. The van der Waals surface area contributed by atoms with Gasteiger partial charge in [-0.2, -0.15) is 0 Å². The third-order valence-electron chi connectivity index (χ3n) is 4.59. The zero-order chi connectivity index (χ0) is 17.9. The third-order valence-corrected chi connectivity index (χ3v) is 4.86. The van der Waals surface area contributed by atoms with Crippen LogP contribution in [-0.2, 0) is 0 Å². The fourth-order valence-corrected chi connectivity index (χ4v) is 3.60. The van der Waals surface area contributed by atoms with Crippen LogP contribution in [0.3, 0.4) is 0 Å². The average Bonchev–Trinajstić information content (AvgIpc) is 3.06. The van der Waals surface area contributed by atoms with Crippen molar-refractivity contribution in [2.24, 2.45) is 0 Å². The Hall–Kier alpha value is -2.40. The standard InChI is InChI=1S/C19H19ClN4O/c1-8(2)18-22-17(20)16-13-6-9(3)12(7-14(13)21-19(16)23-18)15-10(4)24-25-11(15)5/h6-8H,1-5H3,(H,21,22,23). The van der Waals surface area contributed by atoms with Crippen molar-refractivity contribution in [2.75, 3.05) is 0 Å². The molecular weight excluding hydrogens is 336 g/mol. The molecule has 4 rings (SSSR count). The maximum Gasteiger partial charge on any atom is 0.143 e. The first-order valence-electron chi connectivity index (χ1n) is 8.29. The summed E-state index contributed by atoms with van der Waals surface area (Å²) in [4.78, 5) is 12.5. The highest BCUT2D eigenvalue weighted by Gasteiger charge is 2.18. The van der Waals surface area contributed by atoms with Gasteiger partial charge in [-0.3, -0.25) is 0 Å². The van der Waals surface area contributed by atoms with Crippen LogP contribution in [0.2, 0.25) is 5.15 Å². The van der Waals surface area contributed by atoms with Crippen LogP contribution in [0.1, 0.15) is 42.6 Å². The summed E-state index contributed by atoms with van der Waals surface area (Å²) in [5, 5.41) is 6.46. The number of aromatic amines is 1. The van der Waals surface area contributed by atoms with Gasteiger partial charge in [0.1, 0.15) is 22.4 Å². The summed E-state index contributed by atoms with van der Waals surface area (Å²) < 4.78 is 5.33. The van der Waals surface area contributed by atoms with E-state index in [0.29, 0.717) is 5.15 Å². The summed E-state index contributed by atoms with van der Waals surface area (Å²) in [5.74, 6) is 1.77. The normalized spacial score (nSPS) is 12.0. The Labute approximate surface area is 150 Å². The minimum atomic E-state index is 0.216. The first-order chi connectivity index (χ1) is 11.9. The molecule has 0 aliphatic carbocycles. The molecule has 0 amide bonds. The second-order valence-electron chi connectivity index (χ2n) is 6.79. The Morgan fingerprint density at radius 3 is 2.52 bits per heavy atom. The molecule has 0 radical (unpaired) electrons. The zero-order valence-corrected chi connectivity index (χ0v) is 15.6. The number of nitrogens with one attached hydrogen (secondary N) is 1. The molecule has 3 aromatic heterocycles. The lowest BCUT2D eigenvalue weighted by Gasteiger charge is -2.06. The fourth-order valence-electron chi connectivity index (χ4n) is 3.32. The van der Waals surface area contributed by atoms with E-state index in [9.17, 15) is 0 Å². The third kappa shape index (κ3) is 2.42. The topological polar surface area (TPSA) is 67.6 Å². The molecule has 0 spiro atoms. The van der Waals surface area contributed by atoms with Gasteiger partial charge in [0, 0.05) is 22.4 Å². The first kappa shape index (κ1) is 16.1. The minimum absolute atomic E-state index is 0.216. The van der Waals surface area contributed by atoms with Crippen molar-refractivity contribution in [3.63, 3.8) is 0 Å². The van der Waals surface area contributed by atoms with Crippen molar-refractivity contribution in [3.8, 4) is 11.1 Å². The second-order valence-corrected chi connectivity index (χ2v) is 7.15. The Bertz CT molecular complexity index is 1100. The summed E-state index contributed by atoms with van der Waals surface area (Å²) in [6.45, 7) is 10.1. The Morgan fingerprint density at radius 2 is 1.88 bits per heavy atom. The lowest BCUT2D eigenvalue weighted by molar-refractivity contribution is 0.393. The largest absolute Gasteiger partial charge is 0.361 e. The Balaban J connectivity index is 2.04. The van der Waals surface area contributed by atoms with E-state index >= 15 is 0 Å². The molecule has 0 unspecified atom stereocenters. The van der Waals surface area contributed by atoms with E-state index < -0.39 is 0 Å². The zero-order valence-electron chi connectivity index (χ0n) is 14.9. The fraction of sp³-hybridized carbons (Fsp3) is 0.316. The SMILES string of the molecule is Cc1cc2c(cc1-c1c(C)noc1C)[nH]c1nc(C(C)C)nc(Cl)c12. The number of aromatic nitrogens is 4. The highest BCUT2D eigenvalue weighted by Crippen LogP contribution is 2.36. The highest BCUT2D eigenvalue weighted by atomic mass is 35.5. The molecular formula is C19H19ClN4O. The number of nitrogens with zero attached hydrogens (tertiary/aromatic N) is 3. The van der Waals surface area contributed by atoms with Crippen LogP contribution < -0.4 is 0 Å².